The summed E-state index contributed by atoms with van der Waals surface area (Å²) >= 11 is 1.59. The molecule has 1 aromatic carbocycles. The highest BCUT2D eigenvalue weighted by Crippen LogP contribution is 2.33. The Labute approximate surface area is 299 Å². The number of nitrogens with zero attached hydrogens (tertiary/aromatic N) is 3. The Hall–Kier alpha value is -3.97. The van der Waals surface area contributed by atoms with Gasteiger partial charge in [0, 0.05) is 32.1 Å². The van der Waals surface area contributed by atoms with E-state index in [1.807, 2.05) is 71.3 Å². The molecule has 50 heavy (non-hydrogen) atoms. The molecule has 0 bridgehead atoms. The Morgan fingerprint density at radius 1 is 1.06 bits per heavy atom. The molecule has 0 aliphatic carbocycles. The molecule has 1 aliphatic heterocycles. The molecule has 12 nitrogen and oxygen atoms in total. The molecule has 274 valence electrons. The molecule has 0 saturated carbocycles. The summed E-state index contributed by atoms with van der Waals surface area (Å²) in [5, 5.41) is 20.3. The maximum atomic E-state index is 13.9. The van der Waals surface area contributed by atoms with Crippen LogP contribution in [0.15, 0.2) is 40.4 Å². The van der Waals surface area contributed by atoms with E-state index in [-0.39, 0.29) is 36.8 Å². The van der Waals surface area contributed by atoms with E-state index in [9.17, 15) is 19.5 Å². The molecular formula is C37H53N5O7S. The topological polar surface area (TPSA) is 156 Å². The molecule has 0 spiro atoms. The smallest absolute Gasteiger partial charge is 0.407 e. The van der Waals surface area contributed by atoms with E-state index in [1.165, 1.54) is 4.90 Å². The highest BCUT2D eigenvalue weighted by Gasteiger charge is 2.43. The summed E-state index contributed by atoms with van der Waals surface area (Å²) in [6.07, 6.45) is 4.87. The lowest BCUT2D eigenvalue weighted by molar-refractivity contribution is -0.141. The predicted molar refractivity (Wildman–Crippen MR) is 192 cm³/mol. The monoisotopic (exact) mass is 711 g/mol. The minimum Gasteiger partial charge on any atom is -0.476 e. The quantitative estimate of drug-likeness (QED) is 0.136. The third kappa shape index (κ3) is 11.5. The lowest BCUT2D eigenvalue weighted by Crippen LogP contribution is -2.48. The van der Waals surface area contributed by atoms with Crippen LogP contribution in [-0.4, -0.2) is 75.5 Å². The molecule has 3 N–H and O–H groups in total. The van der Waals surface area contributed by atoms with Crippen molar-refractivity contribution in [3.05, 3.63) is 52.9 Å². The molecular weight excluding hydrogens is 659 g/mol. The van der Waals surface area contributed by atoms with Gasteiger partial charge in [0.1, 0.15) is 17.6 Å². The number of alkyl carbamates (subject to hydrolysis) is 1. The predicted octanol–water partition coefficient (Wildman–Crippen LogP) is 6.37. The lowest BCUT2D eigenvalue weighted by atomic mass is 9.91. The number of aromatic nitrogens is 2. The van der Waals surface area contributed by atoms with Crippen molar-refractivity contribution in [3.63, 3.8) is 0 Å². The van der Waals surface area contributed by atoms with Gasteiger partial charge in [-0.2, -0.15) is 0 Å². The number of likely N-dealkylation sites (tertiary alicyclic amines) is 1. The van der Waals surface area contributed by atoms with Crippen LogP contribution in [0.4, 0.5) is 4.79 Å². The fourth-order valence-electron chi connectivity index (χ4n) is 5.98. The first-order valence-electron chi connectivity index (χ1n) is 17.6. The highest BCUT2D eigenvalue weighted by atomic mass is 32.1. The molecule has 4 rings (SSSR count). The Kier molecular flexibility index (Phi) is 14.2. The Morgan fingerprint density at radius 3 is 2.42 bits per heavy atom. The number of benzene rings is 1. The van der Waals surface area contributed by atoms with Crippen molar-refractivity contribution in [2.24, 2.45) is 5.92 Å². The number of carbonyl (C=O) groups excluding carboxylic acids is 3. The fraction of sp³-hybridized carbons (Fsp3) is 0.595. The van der Waals surface area contributed by atoms with Crippen molar-refractivity contribution in [1.82, 2.24) is 25.7 Å². The van der Waals surface area contributed by atoms with Gasteiger partial charge in [-0.05, 0) is 62.7 Å². The average molecular weight is 712 g/mol. The van der Waals surface area contributed by atoms with Gasteiger partial charge in [0.05, 0.1) is 28.8 Å². The van der Waals surface area contributed by atoms with Crippen LogP contribution < -0.4 is 15.4 Å². The zero-order chi connectivity index (χ0) is 36.3. The van der Waals surface area contributed by atoms with Crippen LogP contribution in [0, 0.1) is 12.8 Å². The van der Waals surface area contributed by atoms with Crippen LogP contribution >= 0.6 is 11.3 Å². The third-order valence-corrected chi connectivity index (χ3v) is 9.51. The molecule has 1 fully saturated rings. The number of aliphatic hydroxyl groups excluding tert-OH is 1. The molecule has 0 unspecified atom stereocenters. The first kappa shape index (κ1) is 38.8. The molecule has 1 aliphatic rings. The molecule has 3 aromatic rings. The van der Waals surface area contributed by atoms with Gasteiger partial charge in [-0.15, -0.1) is 11.3 Å². The van der Waals surface area contributed by atoms with Crippen LogP contribution in [0.5, 0.6) is 5.88 Å². The van der Waals surface area contributed by atoms with Crippen LogP contribution in [0.3, 0.4) is 0 Å². The zero-order valence-electron chi connectivity index (χ0n) is 30.2. The van der Waals surface area contributed by atoms with Crippen LogP contribution in [0.1, 0.15) is 102 Å². The number of amides is 3. The molecule has 0 radical (unpaired) electrons. The first-order valence-corrected chi connectivity index (χ1v) is 18.5. The summed E-state index contributed by atoms with van der Waals surface area (Å²) in [5.41, 5.74) is 4.32. The van der Waals surface area contributed by atoms with Crippen molar-refractivity contribution < 1.29 is 33.5 Å². The van der Waals surface area contributed by atoms with Gasteiger partial charge < -0.3 is 34.6 Å². The number of aliphatic hydroxyl groups is 1. The number of hydrogen-bond acceptors (Lipinski definition) is 10. The minimum atomic E-state index is -0.799. The standard InChI is InChI=1S/C37H53N5O7S/c1-24(2)32(30-20-31(41-49-30)47-18-12-10-8-7-9-11-17-38-36(46)48-37(4,5)6)35(45)42-22-28(43)19-29(42)34(44)39-21-26-13-15-27(16-14-26)33-25(3)40-23-50-33/h13-16,20,23-24,28-29,32,43H,7-12,17-19,21-22H2,1-6H3,(H,38,46)(H,39,44)/t28-,29+,32+/m1/s1. The van der Waals surface area contributed by atoms with Crippen molar-refractivity contribution >= 4 is 29.2 Å². The molecule has 3 heterocycles. The molecule has 3 amide bonds. The maximum absolute atomic E-state index is 13.9. The minimum absolute atomic E-state index is 0.0702. The maximum Gasteiger partial charge on any atom is 0.407 e. The number of β-amino-alcohol motifs (C(OH)–C–C–N with tert-alkyl or cyclic N) is 1. The van der Waals surface area contributed by atoms with Gasteiger partial charge in [0.15, 0.2) is 5.76 Å². The van der Waals surface area contributed by atoms with E-state index in [2.05, 4.69) is 20.8 Å². The summed E-state index contributed by atoms with van der Waals surface area (Å²) in [4.78, 5) is 45.8. The van der Waals surface area contributed by atoms with Crippen LogP contribution in [0.2, 0.25) is 0 Å². The van der Waals surface area contributed by atoms with E-state index < -0.39 is 23.7 Å². The third-order valence-electron chi connectivity index (χ3n) is 8.53. The van der Waals surface area contributed by atoms with Crippen molar-refractivity contribution in [2.45, 2.75) is 117 Å². The van der Waals surface area contributed by atoms with E-state index in [1.54, 1.807) is 17.4 Å². The second-order valence-corrected chi connectivity index (χ2v) is 15.1. The summed E-state index contributed by atoms with van der Waals surface area (Å²) in [7, 11) is 0. The summed E-state index contributed by atoms with van der Waals surface area (Å²) in [6.45, 7) is 12.8. The first-order chi connectivity index (χ1) is 23.8. The second kappa shape index (κ2) is 18.3. The molecule has 1 saturated heterocycles. The van der Waals surface area contributed by atoms with Gasteiger partial charge in [-0.25, -0.2) is 9.78 Å². The van der Waals surface area contributed by atoms with E-state index in [0.29, 0.717) is 31.3 Å². The number of thiazole rings is 1. The molecule has 3 atom stereocenters. The average Bonchev–Trinajstić information content (AvgIpc) is 3.80. The van der Waals surface area contributed by atoms with E-state index in [0.717, 1.165) is 60.2 Å². The summed E-state index contributed by atoms with van der Waals surface area (Å²) in [5.74, 6) is -0.739. The van der Waals surface area contributed by atoms with E-state index in [4.69, 9.17) is 14.0 Å². The Balaban J connectivity index is 1.20. The largest absolute Gasteiger partial charge is 0.476 e. The highest BCUT2D eigenvalue weighted by molar-refractivity contribution is 7.13. The van der Waals surface area contributed by atoms with Crippen molar-refractivity contribution in [3.8, 4) is 16.3 Å². The number of hydrogen-bond donors (Lipinski definition) is 3. The van der Waals surface area contributed by atoms with Crippen LogP contribution in [-0.2, 0) is 20.9 Å². The lowest BCUT2D eigenvalue weighted by Gasteiger charge is -2.28. The number of ether oxygens (including phenoxy) is 2. The second-order valence-electron chi connectivity index (χ2n) is 14.3. The van der Waals surface area contributed by atoms with Crippen LogP contribution in [0.25, 0.3) is 10.4 Å². The number of carbonyl (C=O) groups is 3. The van der Waals surface area contributed by atoms with Gasteiger partial charge in [0.25, 0.3) is 5.88 Å². The Bertz CT molecular complexity index is 1530. The molecule has 2 aromatic heterocycles. The van der Waals surface area contributed by atoms with E-state index >= 15 is 0 Å². The number of rotatable bonds is 17. The normalized spacial score (nSPS) is 16.8. The fourth-order valence-corrected chi connectivity index (χ4v) is 6.79. The van der Waals surface area contributed by atoms with Gasteiger partial charge in [0.2, 0.25) is 11.8 Å². The summed E-state index contributed by atoms with van der Waals surface area (Å²) in [6, 6.07) is 8.82. The zero-order valence-corrected chi connectivity index (χ0v) is 31.0. The SMILES string of the molecule is Cc1ncsc1-c1ccc(CNC(=O)[C@@H]2C[C@@H](O)CN2C(=O)[C@H](c2cc(OCCCCCCCCNC(=O)OC(C)(C)C)no2)C(C)C)cc1. The van der Waals surface area contributed by atoms with Gasteiger partial charge in [-0.3, -0.25) is 9.59 Å². The number of aryl methyl sites for hydroxylation is 1. The number of unbranched alkanes of at least 4 members (excludes halogenated alkanes) is 5. The Morgan fingerprint density at radius 2 is 1.76 bits per heavy atom. The summed E-state index contributed by atoms with van der Waals surface area (Å²) < 4.78 is 16.6. The van der Waals surface area contributed by atoms with Gasteiger partial charge >= 0.3 is 6.09 Å². The molecule has 13 heteroatoms. The number of nitrogens with one attached hydrogen (secondary N) is 2. The van der Waals surface area contributed by atoms with Crippen molar-refractivity contribution in [2.75, 3.05) is 19.7 Å². The van der Waals surface area contributed by atoms with Gasteiger partial charge in [-0.1, -0.05) is 63.8 Å². The van der Waals surface area contributed by atoms with Crippen molar-refractivity contribution in [1.29, 1.82) is 0 Å².